The van der Waals surface area contributed by atoms with Gasteiger partial charge in [0.05, 0.1) is 13.2 Å². The van der Waals surface area contributed by atoms with E-state index < -0.39 is 12.3 Å². The van der Waals surface area contributed by atoms with Crippen molar-refractivity contribution in [2.75, 3.05) is 41.7 Å². The number of rotatable bonds is 9. The minimum absolute atomic E-state index is 0.389. The van der Waals surface area contributed by atoms with Gasteiger partial charge < -0.3 is 28.1 Å². The number of methoxy groups -OCH3 is 4. The molecule has 0 aliphatic heterocycles. The molecule has 0 bridgehead atoms. The second-order valence-corrected chi connectivity index (χ2v) is 3.22. The molecule has 0 radical (unpaired) electrons. The van der Waals surface area contributed by atoms with Crippen molar-refractivity contribution in [1.82, 2.24) is 0 Å². The van der Waals surface area contributed by atoms with E-state index in [9.17, 15) is 0 Å². The van der Waals surface area contributed by atoms with Gasteiger partial charge >= 0.3 is 5.97 Å². The van der Waals surface area contributed by atoms with Gasteiger partial charge in [-0.05, 0) is 0 Å². The van der Waals surface area contributed by atoms with Crippen molar-refractivity contribution in [3.63, 3.8) is 0 Å². The van der Waals surface area contributed by atoms with Crippen molar-refractivity contribution >= 4 is 10.5 Å². The first kappa shape index (κ1) is 15.0. The van der Waals surface area contributed by atoms with Gasteiger partial charge in [0.2, 0.25) is 6.29 Å². The summed E-state index contributed by atoms with van der Waals surface area (Å²) in [4.78, 5) is 0. The van der Waals surface area contributed by atoms with E-state index in [2.05, 4.69) is 0 Å². The molecule has 0 fully saturated rings. The maximum absolute atomic E-state index is 5.37. The molecule has 6 nitrogen and oxygen atoms in total. The first-order valence-corrected chi connectivity index (χ1v) is 5.31. The first-order valence-electron chi connectivity index (χ1n) is 4.49. The Morgan fingerprint density at radius 2 is 1.53 bits per heavy atom. The minimum atomic E-state index is -1.35. The zero-order valence-electron chi connectivity index (χ0n) is 9.94. The highest BCUT2D eigenvalue weighted by molar-refractivity contribution is 5.97. The third kappa shape index (κ3) is 4.15. The summed E-state index contributed by atoms with van der Waals surface area (Å²) in [5.74, 6) is -1.35. The van der Waals surface area contributed by atoms with Gasteiger partial charge in [0, 0.05) is 28.4 Å². The van der Waals surface area contributed by atoms with Crippen LogP contribution in [0.15, 0.2) is 0 Å². The maximum atomic E-state index is 5.37. The zero-order chi connectivity index (χ0) is 11.7. The molecule has 0 aromatic rings. The lowest BCUT2D eigenvalue weighted by Gasteiger charge is -2.34. The number of ether oxygens (including phenoxy) is 5. The highest BCUT2D eigenvalue weighted by Gasteiger charge is 2.42. The van der Waals surface area contributed by atoms with Crippen molar-refractivity contribution in [2.45, 2.75) is 12.3 Å². The quantitative estimate of drug-likeness (QED) is 0.289. The van der Waals surface area contributed by atoms with Gasteiger partial charge in [0.1, 0.15) is 10.5 Å². The molecule has 0 rings (SSSR count). The van der Waals surface area contributed by atoms with Gasteiger partial charge in [-0.25, -0.2) is 0 Å². The predicted octanol–water partition coefficient (Wildman–Crippen LogP) is -1.13. The molecule has 0 aliphatic rings. The molecule has 0 aromatic heterocycles. The van der Waals surface area contributed by atoms with Crippen LogP contribution in [0.25, 0.3) is 0 Å². The van der Waals surface area contributed by atoms with Crippen molar-refractivity contribution in [2.24, 2.45) is 0 Å². The summed E-state index contributed by atoms with van der Waals surface area (Å²) in [6.07, 6.45) is -0.769. The lowest BCUT2D eigenvalue weighted by Crippen LogP contribution is -2.50. The standard InChI is InChI=1S/C8H20O6Si/c1-9-7(13-5-6-14-15)8(10-2,11-3)12-4/h7H,5-6H2,1-4,15H3. The fraction of sp³-hybridized carbons (Fsp3) is 1.00. The fourth-order valence-electron chi connectivity index (χ4n) is 1.09. The number of hydrogen-bond acceptors (Lipinski definition) is 6. The molecule has 0 amide bonds. The molecule has 0 N–H and O–H groups in total. The topological polar surface area (TPSA) is 55.4 Å². The molecule has 0 aliphatic carbocycles. The monoisotopic (exact) mass is 240 g/mol. The molecule has 0 aromatic carbocycles. The first-order chi connectivity index (χ1) is 7.20. The second kappa shape index (κ2) is 8.17. The van der Waals surface area contributed by atoms with Crippen molar-refractivity contribution in [3.05, 3.63) is 0 Å². The Balaban J connectivity index is 4.31. The van der Waals surface area contributed by atoms with Crippen LogP contribution in [0.1, 0.15) is 0 Å². The van der Waals surface area contributed by atoms with Crippen LogP contribution in [0.3, 0.4) is 0 Å². The van der Waals surface area contributed by atoms with Crippen LogP contribution in [0.5, 0.6) is 0 Å². The van der Waals surface area contributed by atoms with E-state index in [0.29, 0.717) is 23.7 Å². The van der Waals surface area contributed by atoms with Gasteiger partial charge in [-0.15, -0.1) is 0 Å². The van der Waals surface area contributed by atoms with Crippen LogP contribution in [0.4, 0.5) is 0 Å². The summed E-state index contributed by atoms with van der Waals surface area (Å²) in [6, 6.07) is 0. The van der Waals surface area contributed by atoms with Gasteiger partial charge in [-0.2, -0.15) is 0 Å². The van der Waals surface area contributed by atoms with E-state index >= 15 is 0 Å². The van der Waals surface area contributed by atoms with Crippen LogP contribution in [0, 0.1) is 0 Å². The minimum Gasteiger partial charge on any atom is -0.426 e. The van der Waals surface area contributed by atoms with Crippen LogP contribution in [0.2, 0.25) is 0 Å². The fourth-order valence-corrected chi connectivity index (χ4v) is 1.26. The average molecular weight is 240 g/mol. The molecule has 92 valence electrons. The summed E-state index contributed by atoms with van der Waals surface area (Å²) in [5, 5.41) is 0. The molecule has 0 saturated heterocycles. The molecule has 0 spiro atoms. The number of hydrogen-bond donors (Lipinski definition) is 0. The summed E-state index contributed by atoms with van der Waals surface area (Å²) >= 11 is 0. The van der Waals surface area contributed by atoms with Crippen molar-refractivity contribution < 1.29 is 28.1 Å². The summed E-state index contributed by atoms with van der Waals surface area (Å²) in [6.45, 7) is 0.902. The molecule has 0 saturated carbocycles. The van der Waals surface area contributed by atoms with E-state index in [-0.39, 0.29) is 0 Å². The van der Waals surface area contributed by atoms with Crippen LogP contribution < -0.4 is 0 Å². The molecular formula is C8H20O6Si. The third-order valence-electron chi connectivity index (χ3n) is 1.91. The van der Waals surface area contributed by atoms with Crippen LogP contribution >= 0.6 is 0 Å². The predicted molar refractivity (Wildman–Crippen MR) is 56.4 cm³/mol. The van der Waals surface area contributed by atoms with E-state index in [1.165, 1.54) is 28.4 Å². The largest absolute Gasteiger partial charge is 0.426 e. The Bertz CT molecular complexity index is 144. The summed E-state index contributed by atoms with van der Waals surface area (Å²) in [7, 11) is 6.51. The van der Waals surface area contributed by atoms with E-state index in [4.69, 9.17) is 28.1 Å². The molecule has 0 heterocycles. The smallest absolute Gasteiger partial charge is 0.336 e. The molecule has 1 atom stereocenters. The maximum Gasteiger partial charge on any atom is 0.336 e. The van der Waals surface area contributed by atoms with E-state index in [0.717, 1.165) is 0 Å². The SMILES string of the molecule is COC(OCCO[SiH3])C(OC)(OC)OC. The van der Waals surface area contributed by atoms with E-state index in [1.54, 1.807) is 0 Å². The van der Waals surface area contributed by atoms with Crippen LogP contribution in [-0.2, 0) is 28.1 Å². The average Bonchev–Trinajstić information content (AvgIpc) is 2.29. The Labute approximate surface area is 93.3 Å². The third-order valence-corrected chi connectivity index (χ3v) is 2.32. The molecular weight excluding hydrogens is 220 g/mol. The summed E-state index contributed by atoms with van der Waals surface area (Å²) in [5.41, 5.74) is 0. The Morgan fingerprint density at radius 1 is 1.00 bits per heavy atom. The van der Waals surface area contributed by atoms with Gasteiger partial charge in [0.25, 0.3) is 0 Å². The van der Waals surface area contributed by atoms with Crippen LogP contribution in [-0.4, -0.2) is 64.4 Å². The van der Waals surface area contributed by atoms with Gasteiger partial charge in [-0.1, -0.05) is 0 Å². The van der Waals surface area contributed by atoms with Gasteiger partial charge in [-0.3, -0.25) is 0 Å². The Morgan fingerprint density at radius 3 is 1.87 bits per heavy atom. The highest BCUT2D eigenvalue weighted by Crippen LogP contribution is 2.20. The van der Waals surface area contributed by atoms with Crippen molar-refractivity contribution in [3.8, 4) is 0 Å². The molecule has 1 unspecified atom stereocenters. The van der Waals surface area contributed by atoms with Crippen molar-refractivity contribution in [1.29, 1.82) is 0 Å². The zero-order valence-corrected chi connectivity index (χ0v) is 11.9. The summed E-state index contributed by atoms with van der Waals surface area (Å²) < 4.78 is 30.7. The molecule has 15 heavy (non-hydrogen) atoms. The lowest BCUT2D eigenvalue weighted by atomic mass is 10.5. The normalized spacial score (nSPS) is 14.4. The van der Waals surface area contributed by atoms with Gasteiger partial charge in [0.15, 0.2) is 0 Å². The lowest BCUT2D eigenvalue weighted by molar-refractivity contribution is -0.433. The highest BCUT2D eigenvalue weighted by atomic mass is 28.2. The van der Waals surface area contributed by atoms with E-state index in [1.807, 2.05) is 0 Å². The Kier molecular flexibility index (Phi) is 8.15. The molecule has 7 heteroatoms. The second-order valence-electron chi connectivity index (χ2n) is 2.65. The Hall–Kier alpha value is -0.0231.